The van der Waals surface area contributed by atoms with Gasteiger partial charge in [0, 0.05) is 68.8 Å². The molecule has 300 valence electrons. The molecule has 0 saturated heterocycles. The van der Waals surface area contributed by atoms with Crippen LogP contribution in [0.2, 0.25) is 10.0 Å². The number of thioether (sulfide) groups is 1. The summed E-state index contributed by atoms with van der Waals surface area (Å²) in [7, 11) is 2.67. The maximum Gasteiger partial charge on any atom is 0.435 e. The summed E-state index contributed by atoms with van der Waals surface area (Å²) in [5.74, 6) is -1.18. The molecule has 4 aromatic carbocycles. The summed E-state index contributed by atoms with van der Waals surface area (Å²) in [6, 6.07) is 28.5. The highest BCUT2D eigenvalue weighted by molar-refractivity contribution is 9.08. The number of aromatic nitrogens is 4. The molecule has 57 heavy (non-hydrogen) atoms. The number of anilines is 2. The molecule has 0 bridgehead atoms. The second-order valence-electron chi connectivity index (χ2n) is 11.7. The van der Waals surface area contributed by atoms with Gasteiger partial charge >= 0.3 is 12.4 Å². The van der Waals surface area contributed by atoms with Crippen molar-refractivity contribution in [3.05, 3.63) is 153 Å². The number of benzene rings is 4. The molecule has 0 radical (unpaired) electrons. The number of hydrogen-bond acceptors (Lipinski definition) is 6. The lowest BCUT2D eigenvalue weighted by molar-refractivity contribution is -0.142. The molecule has 0 fully saturated rings. The van der Waals surface area contributed by atoms with E-state index in [0.29, 0.717) is 27.5 Å². The maximum atomic E-state index is 13.1. The topological polar surface area (TPSA) is 93.8 Å². The van der Waals surface area contributed by atoms with Crippen LogP contribution in [0.5, 0.6) is 0 Å². The molecule has 2 heterocycles. The van der Waals surface area contributed by atoms with Crippen LogP contribution in [0, 0.1) is 0 Å². The molecular weight excluding hydrogens is 901 g/mol. The third-order valence-electron chi connectivity index (χ3n) is 7.39. The van der Waals surface area contributed by atoms with Gasteiger partial charge in [-0.3, -0.25) is 19.0 Å². The van der Waals surface area contributed by atoms with Crippen LogP contribution in [0.3, 0.4) is 0 Å². The van der Waals surface area contributed by atoms with Crippen LogP contribution < -0.4 is 10.6 Å². The van der Waals surface area contributed by atoms with Crippen molar-refractivity contribution in [3.8, 4) is 0 Å². The third kappa shape index (κ3) is 13.6. The highest BCUT2D eigenvalue weighted by Crippen LogP contribution is 2.33. The lowest BCUT2D eigenvalue weighted by atomic mass is 10.1. The van der Waals surface area contributed by atoms with E-state index in [0.717, 1.165) is 47.7 Å². The number of carbonyl (C=O) groups excluding carboxylic acids is 2. The average molecular weight is 933 g/mol. The van der Waals surface area contributed by atoms with Crippen LogP contribution in [0.25, 0.3) is 0 Å². The predicted molar refractivity (Wildman–Crippen MR) is 218 cm³/mol. The zero-order valence-electron chi connectivity index (χ0n) is 29.7. The summed E-state index contributed by atoms with van der Waals surface area (Å²) in [5, 5.41) is 13.6. The van der Waals surface area contributed by atoms with Gasteiger partial charge in [-0.1, -0.05) is 75.5 Å². The molecule has 6 aromatic rings. The van der Waals surface area contributed by atoms with E-state index in [9.17, 15) is 35.9 Å². The van der Waals surface area contributed by atoms with Crippen molar-refractivity contribution < 1.29 is 35.9 Å². The molecule has 8 nitrogen and oxygen atoms in total. The zero-order chi connectivity index (χ0) is 41.9. The molecule has 0 spiro atoms. The van der Waals surface area contributed by atoms with Gasteiger partial charge in [-0.15, -0.1) is 24.4 Å². The quantitative estimate of drug-likeness (QED) is 0.0612. The highest BCUT2D eigenvalue weighted by Gasteiger charge is 2.40. The van der Waals surface area contributed by atoms with E-state index >= 15 is 0 Å². The molecule has 0 aliphatic heterocycles. The summed E-state index contributed by atoms with van der Waals surface area (Å²) >= 11 is 20.3. The monoisotopic (exact) mass is 930 g/mol. The second-order valence-corrected chi connectivity index (χ2v) is 14.7. The van der Waals surface area contributed by atoms with Crippen molar-refractivity contribution in [3.63, 3.8) is 0 Å². The zero-order valence-corrected chi connectivity index (χ0v) is 34.5. The first-order chi connectivity index (χ1) is 26.8. The largest absolute Gasteiger partial charge is 0.435 e. The second kappa shape index (κ2) is 20.3. The van der Waals surface area contributed by atoms with Crippen LogP contribution in [-0.2, 0) is 37.5 Å². The lowest BCUT2D eigenvalue weighted by Gasteiger charge is -2.12. The summed E-state index contributed by atoms with van der Waals surface area (Å²) < 4.78 is 79.8. The predicted octanol–water partition coefficient (Wildman–Crippen LogP) is 11.9. The first-order valence-electron chi connectivity index (χ1n) is 16.2. The van der Waals surface area contributed by atoms with Crippen molar-refractivity contribution in [2.75, 3.05) is 10.6 Å². The highest BCUT2D eigenvalue weighted by atomic mass is 79.9. The first-order valence-corrected chi connectivity index (χ1v) is 19.6. The number of hydrogen-bond donors (Lipinski definition) is 3. The average Bonchev–Trinajstić information content (AvgIpc) is 3.77. The van der Waals surface area contributed by atoms with E-state index in [1.54, 1.807) is 54.6 Å². The minimum Gasteiger partial charge on any atom is -0.322 e. The van der Waals surface area contributed by atoms with Gasteiger partial charge in [0.25, 0.3) is 11.8 Å². The van der Waals surface area contributed by atoms with Crippen LogP contribution in [0.15, 0.2) is 119 Å². The Bertz CT molecular complexity index is 2260. The van der Waals surface area contributed by atoms with Gasteiger partial charge in [-0.2, -0.15) is 36.5 Å². The fourth-order valence-electron chi connectivity index (χ4n) is 4.77. The normalized spacial score (nSPS) is 11.2. The van der Waals surface area contributed by atoms with E-state index in [4.69, 9.17) is 23.2 Å². The number of carbonyl (C=O) groups is 2. The SMILES string of the molecule is Cn1cc(C(=O)Nc2ccccc2CBr)c(C(F)(F)F)n1.Cn1cc(C(=O)Nc2ccccc2CSc2ccc(Cl)cc2)c(C(F)(F)F)n1.Sc1ccc(Cl)cc1. The van der Waals surface area contributed by atoms with Gasteiger partial charge < -0.3 is 10.6 Å². The van der Waals surface area contributed by atoms with E-state index in [2.05, 4.69) is 49.4 Å². The number of para-hydroxylation sites is 2. The van der Waals surface area contributed by atoms with Crippen molar-refractivity contribution in [2.24, 2.45) is 14.1 Å². The van der Waals surface area contributed by atoms with Gasteiger partial charge in [0.15, 0.2) is 11.4 Å². The number of halogens is 9. The van der Waals surface area contributed by atoms with E-state index < -0.39 is 46.7 Å². The van der Waals surface area contributed by atoms with Crippen LogP contribution in [-0.4, -0.2) is 31.4 Å². The van der Waals surface area contributed by atoms with Crippen molar-refractivity contribution in [1.29, 1.82) is 0 Å². The number of amides is 2. The molecule has 0 saturated carbocycles. The van der Waals surface area contributed by atoms with Gasteiger partial charge in [-0.05, 0) is 71.8 Å². The molecule has 19 heteroatoms. The number of alkyl halides is 7. The summed E-state index contributed by atoms with van der Waals surface area (Å²) in [4.78, 5) is 26.5. The molecule has 0 atom stereocenters. The third-order valence-corrected chi connectivity index (χ3v) is 9.86. The van der Waals surface area contributed by atoms with Crippen molar-refractivity contribution in [1.82, 2.24) is 19.6 Å². The van der Waals surface area contributed by atoms with E-state index in [1.165, 1.54) is 25.9 Å². The Morgan fingerprint density at radius 2 is 1.09 bits per heavy atom. The standard InChI is InChI=1S/C19H15ClF3N3OS.C13H11BrF3N3O.C6H5ClS/c1-26-10-15(17(25-26)19(21,22)23)18(27)24-16-5-3-2-4-12(16)11-28-14-8-6-13(20)7-9-14;1-20-7-9(11(19-20)13(15,16)17)12(21)18-10-5-3-2-4-8(10)6-14;7-5-1-3-6(8)4-2-5/h2-10H,11H2,1H3,(H,24,27);2-5,7H,6H2,1H3,(H,18,21);1-4,8H. The Hall–Kier alpha value is -4.42. The molecule has 2 N–H and O–H groups in total. The summed E-state index contributed by atoms with van der Waals surface area (Å²) in [6.45, 7) is 0. The fraction of sp³-hybridized carbons (Fsp3) is 0.158. The molecule has 2 aromatic heterocycles. The number of nitrogens with zero attached hydrogens (tertiary/aromatic N) is 4. The number of nitrogens with one attached hydrogen (secondary N) is 2. The van der Waals surface area contributed by atoms with Crippen LogP contribution in [0.1, 0.15) is 43.2 Å². The summed E-state index contributed by atoms with van der Waals surface area (Å²) in [5.41, 5.74) is -0.970. The van der Waals surface area contributed by atoms with Gasteiger partial charge in [-0.25, -0.2) is 0 Å². The van der Waals surface area contributed by atoms with Crippen LogP contribution >= 0.6 is 63.5 Å². The molecule has 2 amide bonds. The Balaban J connectivity index is 0.000000217. The van der Waals surface area contributed by atoms with Gasteiger partial charge in [0.05, 0.1) is 11.1 Å². The Kier molecular flexibility index (Phi) is 16.1. The van der Waals surface area contributed by atoms with Crippen LogP contribution in [0.4, 0.5) is 37.7 Å². The van der Waals surface area contributed by atoms with Gasteiger partial charge in [0.1, 0.15) is 0 Å². The Morgan fingerprint density at radius 1 is 0.684 bits per heavy atom. The molecule has 0 aliphatic carbocycles. The number of thiol groups is 1. The molecule has 0 unspecified atom stereocenters. The fourth-order valence-corrected chi connectivity index (χ4v) is 6.56. The number of aryl methyl sites for hydroxylation is 2. The summed E-state index contributed by atoms with van der Waals surface area (Å²) in [6.07, 6.45) is -7.28. The number of rotatable bonds is 8. The molecule has 6 rings (SSSR count). The Labute approximate surface area is 351 Å². The minimum atomic E-state index is -4.71. The van der Waals surface area contributed by atoms with E-state index in [1.807, 2.05) is 42.5 Å². The molecule has 0 aliphatic rings. The lowest BCUT2D eigenvalue weighted by Crippen LogP contribution is -2.18. The smallest absolute Gasteiger partial charge is 0.322 e. The minimum absolute atomic E-state index is 0.450. The first kappa shape index (κ1) is 45.3. The van der Waals surface area contributed by atoms with Crippen molar-refractivity contribution >= 4 is 86.7 Å². The maximum absolute atomic E-state index is 13.1. The van der Waals surface area contributed by atoms with Crippen molar-refractivity contribution in [2.45, 2.75) is 33.2 Å². The Morgan fingerprint density at radius 3 is 1.51 bits per heavy atom. The molecular formula is C38H31BrCl2F6N6O2S2. The van der Waals surface area contributed by atoms with E-state index in [-0.39, 0.29) is 0 Å². The van der Waals surface area contributed by atoms with Gasteiger partial charge in [0.2, 0.25) is 0 Å².